The molecule has 3 N–H and O–H groups in total. The van der Waals surface area contributed by atoms with Crippen LogP contribution in [0.5, 0.6) is 0 Å². The van der Waals surface area contributed by atoms with E-state index in [0.29, 0.717) is 16.6 Å². The highest BCUT2D eigenvalue weighted by molar-refractivity contribution is 6.30. The number of hydrogen-bond donors (Lipinski definition) is 3. The summed E-state index contributed by atoms with van der Waals surface area (Å²) in [6, 6.07) is 15.1. The van der Waals surface area contributed by atoms with E-state index >= 15 is 0 Å². The van der Waals surface area contributed by atoms with E-state index in [9.17, 15) is 9.59 Å². The van der Waals surface area contributed by atoms with Crippen molar-refractivity contribution in [3.63, 3.8) is 0 Å². The maximum Gasteiger partial charge on any atom is 0.269 e. The highest BCUT2D eigenvalue weighted by Gasteiger charge is 2.19. The lowest BCUT2D eigenvalue weighted by Crippen LogP contribution is -2.44. The summed E-state index contributed by atoms with van der Waals surface area (Å²) in [5, 5.41) is 3.73. The number of hydrogen-bond acceptors (Lipinski definition) is 4. The molecule has 0 saturated heterocycles. The van der Waals surface area contributed by atoms with E-state index in [-0.39, 0.29) is 12.5 Å². The highest BCUT2D eigenvalue weighted by atomic mass is 35.5. The molecule has 7 heteroatoms. The summed E-state index contributed by atoms with van der Waals surface area (Å²) >= 11 is 5.82. The van der Waals surface area contributed by atoms with E-state index in [1.807, 2.05) is 18.2 Å². The van der Waals surface area contributed by atoms with Crippen molar-refractivity contribution in [3.05, 3.63) is 64.7 Å². The minimum atomic E-state index is -0.394. The molecule has 0 unspecified atom stereocenters. The molecule has 30 heavy (non-hydrogen) atoms. The van der Waals surface area contributed by atoms with E-state index in [1.54, 1.807) is 24.3 Å². The summed E-state index contributed by atoms with van der Waals surface area (Å²) in [7, 11) is 2.17. The van der Waals surface area contributed by atoms with Crippen molar-refractivity contribution in [2.45, 2.75) is 44.7 Å². The molecule has 160 valence electrons. The van der Waals surface area contributed by atoms with Crippen LogP contribution in [-0.4, -0.2) is 36.3 Å². The van der Waals surface area contributed by atoms with Crippen LogP contribution in [-0.2, 0) is 11.3 Å². The average molecular weight is 429 g/mol. The lowest BCUT2D eigenvalue weighted by atomic mass is 9.94. The van der Waals surface area contributed by atoms with Gasteiger partial charge in [-0.1, -0.05) is 49.1 Å². The number of rotatable bonds is 7. The third-order valence-corrected chi connectivity index (χ3v) is 5.75. The molecular weight excluding hydrogens is 400 g/mol. The van der Waals surface area contributed by atoms with Crippen molar-refractivity contribution >= 4 is 29.1 Å². The Bertz CT molecular complexity index is 851. The third-order valence-electron chi connectivity index (χ3n) is 5.50. The van der Waals surface area contributed by atoms with Crippen LogP contribution in [0.25, 0.3) is 0 Å². The molecule has 6 nitrogen and oxygen atoms in total. The van der Waals surface area contributed by atoms with E-state index in [4.69, 9.17) is 11.6 Å². The fourth-order valence-electron chi connectivity index (χ4n) is 3.77. The zero-order valence-electron chi connectivity index (χ0n) is 17.3. The largest absolute Gasteiger partial charge is 0.376 e. The first-order chi connectivity index (χ1) is 14.5. The van der Waals surface area contributed by atoms with E-state index < -0.39 is 5.91 Å². The van der Waals surface area contributed by atoms with E-state index in [2.05, 4.69) is 34.2 Å². The van der Waals surface area contributed by atoms with Crippen molar-refractivity contribution in [2.24, 2.45) is 0 Å². The smallest absolute Gasteiger partial charge is 0.269 e. The molecule has 3 rings (SSSR count). The van der Waals surface area contributed by atoms with Gasteiger partial charge in [0.15, 0.2) is 0 Å². The summed E-state index contributed by atoms with van der Waals surface area (Å²) in [6.45, 7) is 0.897. The number of hydrazine groups is 1. The van der Waals surface area contributed by atoms with Crippen LogP contribution in [0.2, 0.25) is 5.02 Å². The third kappa shape index (κ3) is 6.47. The molecule has 0 aromatic heterocycles. The summed E-state index contributed by atoms with van der Waals surface area (Å²) < 4.78 is 0. The van der Waals surface area contributed by atoms with Crippen LogP contribution in [0, 0.1) is 0 Å². The topological polar surface area (TPSA) is 73.5 Å². The summed E-state index contributed by atoms with van der Waals surface area (Å²) in [5.41, 5.74) is 7.35. The van der Waals surface area contributed by atoms with Crippen LogP contribution in [0.1, 0.15) is 48.0 Å². The maximum atomic E-state index is 12.2. The zero-order chi connectivity index (χ0) is 21.3. The Kier molecular flexibility index (Phi) is 8.11. The summed E-state index contributed by atoms with van der Waals surface area (Å²) in [4.78, 5) is 26.6. The number of benzene rings is 2. The Balaban J connectivity index is 1.48. The van der Waals surface area contributed by atoms with Crippen molar-refractivity contribution in [3.8, 4) is 0 Å². The molecule has 1 fully saturated rings. The minimum absolute atomic E-state index is 0.0606. The van der Waals surface area contributed by atoms with Gasteiger partial charge in [-0.3, -0.25) is 25.3 Å². The number of amides is 2. The van der Waals surface area contributed by atoms with Crippen molar-refractivity contribution in [1.29, 1.82) is 0 Å². The van der Waals surface area contributed by atoms with Gasteiger partial charge in [0.2, 0.25) is 0 Å². The van der Waals surface area contributed by atoms with Gasteiger partial charge in [-0.2, -0.15) is 0 Å². The van der Waals surface area contributed by atoms with Crippen LogP contribution < -0.4 is 16.2 Å². The lowest BCUT2D eigenvalue weighted by Gasteiger charge is -2.31. The van der Waals surface area contributed by atoms with Gasteiger partial charge in [-0.25, -0.2) is 0 Å². The van der Waals surface area contributed by atoms with Gasteiger partial charge in [0, 0.05) is 28.9 Å². The highest BCUT2D eigenvalue weighted by Crippen LogP contribution is 2.24. The summed E-state index contributed by atoms with van der Waals surface area (Å²) in [5.74, 6) is -0.720. The second-order valence-corrected chi connectivity index (χ2v) is 8.16. The van der Waals surface area contributed by atoms with E-state index in [0.717, 1.165) is 17.8 Å². The summed E-state index contributed by atoms with van der Waals surface area (Å²) in [6.07, 6.45) is 6.45. The molecule has 0 bridgehead atoms. The fourth-order valence-corrected chi connectivity index (χ4v) is 3.90. The number of halogens is 1. The van der Waals surface area contributed by atoms with Gasteiger partial charge >= 0.3 is 0 Å². The number of nitrogens with one attached hydrogen (secondary N) is 3. The fraction of sp³-hybridized carbons (Fsp3) is 0.391. The Morgan fingerprint density at radius 2 is 1.70 bits per heavy atom. The van der Waals surface area contributed by atoms with Crippen molar-refractivity contribution < 1.29 is 9.59 Å². The predicted molar refractivity (Wildman–Crippen MR) is 120 cm³/mol. The molecule has 0 atom stereocenters. The molecule has 1 aliphatic carbocycles. The van der Waals surface area contributed by atoms with E-state index in [1.165, 1.54) is 32.1 Å². The van der Waals surface area contributed by atoms with Gasteiger partial charge in [-0.05, 0) is 55.8 Å². The molecule has 0 aliphatic heterocycles. The van der Waals surface area contributed by atoms with Crippen molar-refractivity contribution in [2.75, 3.05) is 18.9 Å². The van der Waals surface area contributed by atoms with Gasteiger partial charge in [-0.15, -0.1) is 0 Å². The normalized spacial score (nSPS) is 14.4. The first-order valence-corrected chi connectivity index (χ1v) is 10.8. The number of anilines is 1. The first kappa shape index (κ1) is 22.1. The lowest BCUT2D eigenvalue weighted by molar-refractivity contribution is -0.120. The maximum absolute atomic E-state index is 12.2. The average Bonchev–Trinajstić information content (AvgIpc) is 2.78. The molecule has 2 aromatic rings. The molecule has 0 spiro atoms. The second kappa shape index (κ2) is 11.0. The van der Waals surface area contributed by atoms with Gasteiger partial charge < -0.3 is 5.32 Å². The van der Waals surface area contributed by atoms with Gasteiger partial charge in [0.25, 0.3) is 11.8 Å². The SMILES string of the molecule is CN(Cc1ccccc1NCC(=O)NNC(=O)c1ccc(Cl)cc1)C1CCCCC1. The number of nitrogens with zero attached hydrogens (tertiary/aromatic N) is 1. The standard InChI is InChI=1S/C23H29ClN4O2/c1-28(20-8-3-2-4-9-20)16-18-7-5-6-10-21(18)25-15-22(29)26-27-23(30)17-11-13-19(24)14-12-17/h5-7,10-14,20,25H,2-4,8-9,15-16H2,1H3,(H,26,29)(H,27,30). The molecule has 0 heterocycles. The van der Waals surface area contributed by atoms with Gasteiger partial charge in [0.1, 0.15) is 0 Å². The molecule has 1 aliphatic rings. The number of carbonyl (C=O) groups is 2. The number of carbonyl (C=O) groups excluding carboxylic acids is 2. The Morgan fingerprint density at radius 1 is 1.00 bits per heavy atom. The molecular formula is C23H29ClN4O2. The van der Waals surface area contributed by atoms with Gasteiger partial charge in [0.05, 0.1) is 6.54 Å². The monoisotopic (exact) mass is 428 g/mol. The molecule has 2 amide bonds. The molecule has 1 saturated carbocycles. The molecule has 0 radical (unpaired) electrons. The van der Waals surface area contributed by atoms with Crippen LogP contribution in [0.4, 0.5) is 5.69 Å². The first-order valence-electron chi connectivity index (χ1n) is 10.4. The Morgan fingerprint density at radius 3 is 2.43 bits per heavy atom. The molecule has 2 aromatic carbocycles. The zero-order valence-corrected chi connectivity index (χ0v) is 18.0. The van der Waals surface area contributed by atoms with Crippen LogP contribution in [0.3, 0.4) is 0 Å². The Labute approximate surface area is 183 Å². The quantitative estimate of drug-likeness (QED) is 0.583. The minimum Gasteiger partial charge on any atom is -0.376 e. The second-order valence-electron chi connectivity index (χ2n) is 7.73. The predicted octanol–water partition coefficient (Wildman–Crippen LogP) is 3.98. The Hall–Kier alpha value is -2.57. The van der Waals surface area contributed by atoms with Crippen molar-refractivity contribution in [1.82, 2.24) is 15.8 Å². The number of para-hydroxylation sites is 1. The van der Waals surface area contributed by atoms with Crippen LogP contribution >= 0.6 is 11.6 Å². The van der Waals surface area contributed by atoms with Crippen LogP contribution in [0.15, 0.2) is 48.5 Å².